The zero-order valence-corrected chi connectivity index (χ0v) is 10.5. The van der Waals surface area contributed by atoms with Gasteiger partial charge in [0.1, 0.15) is 0 Å². The summed E-state index contributed by atoms with van der Waals surface area (Å²) in [6, 6.07) is 0.689. The minimum absolute atomic E-state index is 0.689. The van der Waals surface area contributed by atoms with Crippen molar-refractivity contribution in [3.8, 4) is 0 Å². The first-order valence-electron chi connectivity index (χ1n) is 5.55. The third-order valence-electron chi connectivity index (χ3n) is 3.19. The normalized spacial score (nSPS) is 22.2. The summed E-state index contributed by atoms with van der Waals surface area (Å²) in [7, 11) is 2.21. The molecule has 4 heteroatoms. The summed E-state index contributed by atoms with van der Waals surface area (Å²) in [5.74, 6) is 0. The minimum Gasteiger partial charge on any atom is -0.360 e. The van der Waals surface area contributed by atoms with Crippen LogP contribution in [0.1, 0.15) is 23.4 Å². The van der Waals surface area contributed by atoms with Gasteiger partial charge >= 0.3 is 0 Å². The van der Waals surface area contributed by atoms with Crippen molar-refractivity contribution in [2.75, 3.05) is 25.5 Å². The zero-order chi connectivity index (χ0) is 10.8. The fourth-order valence-electron chi connectivity index (χ4n) is 1.99. The average Bonchev–Trinajstić information content (AvgIpc) is 2.72. The van der Waals surface area contributed by atoms with Crippen molar-refractivity contribution >= 4 is 16.5 Å². The van der Waals surface area contributed by atoms with Gasteiger partial charge in [-0.2, -0.15) is 0 Å². The summed E-state index contributed by atoms with van der Waals surface area (Å²) >= 11 is 1.76. The highest BCUT2D eigenvalue weighted by atomic mass is 32.1. The zero-order valence-electron chi connectivity index (χ0n) is 9.71. The standard InChI is InChI=1S/C11H19N3S/c1-8-9(2)15-11(13-8)12-7-10-5-4-6-14(10)3/h10H,4-7H2,1-3H3,(H,12,13). The van der Waals surface area contributed by atoms with Crippen LogP contribution >= 0.6 is 11.3 Å². The lowest BCUT2D eigenvalue weighted by molar-refractivity contribution is 0.322. The van der Waals surface area contributed by atoms with Crippen molar-refractivity contribution in [2.45, 2.75) is 32.7 Å². The topological polar surface area (TPSA) is 28.2 Å². The Morgan fingerprint density at radius 2 is 2.33 bits per heavy atom. The van der Waals surface area contributed by atoms with E-state index < -0.39 is 0 Å². The van der Waals surface area contributed by atoms with E-state index in [0.29, 0.717) is 6.04 Å². The highest BCUT2D eigenvalue weighted by Gasteiger charge is 2.20. The van der Waals surface area contributed by atoms with Gasteiger partial charge in [-0.3, -0.25) is 0 Å². The van der Waals surface area contributed by atoms with E-state index in [1.54, 1.807) is 11.3 Å². The molecule has 1 aromatic heterocycles. The van der Waals surface area contributed by atoms with Crippen molar-refractivity contribution < 1.29 is 0 Å². The molecule has 0 spiro atoms. The maximum Gasteiger partial charge on any atom is 0.183 e. The lowest BCUT2D eigenvalue weighted by Crippen LogP contribution is -2.31. The van der Waals surface area contributed by atoms with Crippen molar-refractivity contribution in [3.63, 3.8) is 0 Å². The lowest BCUT2D eigenvalue weighted by Gasteiger charge is -2.19. The molecule has 3 nitrogen and oxygen atoms in total. The molecule has 1 unspecified atom stereocenters. The van der Waals surface area contributed by atoms with Crippen LogP contribution in [0.3, 0.4) is 0 Å². The summed E-state index contributed by atoms with van der Waals surface area (Å²) < 4.78 is 0. The Labute approximate surface area is 95.5 Å². The fourth-order valence-corrected chi connectivity index (χ4v) is 2.81. The van der Waals surface area contributed by atoms with Gasteiger partial charge in [0.15, 0.2) is 5.13 Å². The number of likely N-dealkylation sites (tertiary alicyclic amines) is 1. The van der Waals surface area contributed by atoms with Gasteiger partial charge in [0.25, 0.3) is 0 Å². The number of hydrogen-bond acceptors (Lipinski definition) is 4. The first-order valence-corrected chi connectivity index (χ1v) is 6.36. The lowest BCUT2D eigenvalue weighted by atomic mass is 10.2. The molecule has 0 radical (unpaired) electrons. The number of rotatable bonds is 3. The predicted molar refractivity (Wildman–Crippen MR) is 65.7 cm³/mol. The van der Waals surface area contributed by atoms with Crippen LogP contribution in [-0.4, -0.2) is 36.1 Å². The average molecular weight is 225 g/mol. The molecule has 0 bridgehead atoms. The van der Waals surface area contributed by atoms with Gasteiger partial charge in [-0.1, -0.05) is 0 Å². The van der Waals surface area contributed by atoms with Gasteiger partial charge in [-0.25, -0.2) is 4.98 Å². The Morgan fingerprint density at radius 3 is 2.87 bits per heavy atom. The largest absolute Gasteiger partial charge is 0.360 e. The number of aromatic nitrogens is 1. The first-order chi connectivity index (χ1) is 7.16. The van der Waals surface area contributed by atoms with Crippen LogP contribution in [0.15, 0.2) is 0 Å². The van der Waals surface area contributed by atoms with Gasteiger partial charge in [0.05, 0.1) is 5.69 Å². The van der Waals surface area contributed by atoms with E-state index in [-0.39, 0.29) is 0 Å². The van der Waals surface area contributed by atoms with Gasteiger partial charge in [-0.05, 0) is 40.3 Å². The van der Waals surface area contributed by atoms with E-state index in [0.717, 1.165) is 17.4 Å². The molecule has 1 aromatic rings. The molecule has 0 aromatic carbocycles. The van der Waals surface area contributed by atoms with Gasteiger partial charge in [-0.15, -0.1) is 11.3 Å². The number of nitrogens with one attached hydrogen (secondary N) is 1. The van der Waals surface area contributed by atoms with Crippen LogP contribution in [-0.2, 0) is 0 Å². The van der Waals surface area contributed by atoms with Crippen LogP contribution in [0.25, 0.3) is 0 Å². The van der Waals surface area contributed by atoms with E-state index >= 15 is 0 Å². The summed E-state index contributed by atoms with van der Waals surface area (Å²) in [6.07, 6.45) is 2.64. The molecule has 1 fully saturated rings. The molecule has 1 atom stereocenters. The molecule has 0 saturated carbocycles. The number of nitrogens with zero attached hydrogens (tertiary/aromatic N) is 2. The Bertz CT molecular complexity index is 315. The van der Waals surface area contributed by atoms with Crippen molar-refractivity contribution in [3.05, 3.63) is 10.6 Å². The summed E-state index contributed by atoms with van der Waals surface area (Å²) in [6.45, 7) is 6.46. The van der Waals surface area contributed by atoms with Gasteiger partial charge in [0.2, 0.25) is 0 Å². The van der Waals surface area contributed by atoms with Crippen molar-refractivity contribution in [1.29, 1.82) is 0 Å². The van der Waals surface area contributed by atoms with Crippen LogP contribution in [0.2, 0.25) is 0 Å². The number of thiazole rings is 1. The Hall–Kier alpha value is -0.610. The first kappa shape index (κ1) is 10.9. The van der Waals surface area contributed by atoms with E-state index in [1.165, 1.54) is 24.3 Å². The Balaban J connectivity index is 1.87. The molecule has 1 aliphatic heterocycles. The third kappa shape index (κ3) is 2.49. The molecule has 0 amide bonds. The molecule has 15 heavy (non-hydrogen) atoms. The Morgan fingerprint density at radius 1 is 1.53 bits per heavy atom. The maximum absolute atomic E-state index is 4.49. The van der Waals surface area contributed by atoms with Gasteiger partial charge < -0.3 is 10.2 Å². The summed E-state index contributed by atoms with van der Waals surface area (Å²) in [5.41, 5.74) is 1.15. The summed E-state index contributed by atoms with van der Waals surface area (Å²) in [4.78, 5) is 8.23. The van der Waals surface area contributed by atoms with E-state index in [2.05, 4.69) is 36.1 Å². The van der Waals surface area contributed by atoms with Crippen LogP contribution in [0, 0.1) is 13.8 Å². The smallest absolute Gasteiger partial charge is 0.183 e. The fraction of sp³-hybridized carbons (Fsp3) is 0.727. The predicted octanol–water partition coefficient (Wildman–Crippen LogP) is 2.27. The van der Waals surface area contributed by atoms with E-state index in [1.807, 2.05) is 0 Å². The molecule has 0 aliphatic carbocycles. The van der Waals surface area contributed by atoms with Crippen molar-refractivity contribution in [1.82, 2.24) is 9.88 Å². The molecule has 1 saturated heterocycles. The van der Waals surface area contributed by atoms with E-state index in [4.69, 9.17) is 0 Å². The van der Waals surface area contributed by atoms with Gasteiger partial charge in [0, 0.05) is 17.5 Å². The third-order valence-corrected chi connectivity index (χ3v) is 4.22. The minimum atomic E-state index is 0.689. The second kappa shape index (κ2) is 4.49. The maximum atomic E-state index is 4.49. The summed E-state index contributed by atoms with van der Waals surface area (Å²) in [5, 5.41) is 4.52. The molecular weight excluding hydrogens is 206 g/mol. The molecule has 84 valence electrons. The van der Waals surface area contributed by atoms with Crippen LogP contribution < -0.4 is 5.32 Å². The monoisotopic (exact) mass is 225 g/mol. The van der Waals surface area contributed by atoms with Crippen LogP contribution in [0.5, 0.6) is 0 Å². The highest BCUT2D eigenvalue weighted by Crippen LogP contribution is 2.22. The molecule has 1 aliphatic rings. The molecule has 2 heterocycles. The Kier molecular flexibility index (Phi) is 3.26. The SMILES string of the molecule is Cc1nc(NCC2CCCN2C)sc1C. The number of aryl methyl sites for hydroxylation is 2. The molecule has 2 rings (SSSR count). The number of hydrogen-bond donors (Lipinski definition) is 1. The number of likely N-dealkylation sites (N-methyl/N-ethyl adjacent to an activating group) is 1. The molecular formula is C11H19N3S. The molecule has 1 N–H and O–H groups in total. The highest BCUT2D eigenvalue weighted by molar-refractivity contribution is 7.15. The van der Waals surface area contributed by atoms with E-state index in [9.17, 15) is 0 Å². The quantitative estimate of drug-likeness (QED) is 0.855. The van der Waals surface area contributed by atoms with Crippen molar-refractivity contribution in [2.24, 2.45) is 0 Å². The number of anilines is 1. The second-order valence-corrected chi connectivity index (χ2v) is 5.52. The van der Waals surface area contributed by atoms with Crippen LogP contribution in [0.4, 0.5) is 5.13 Å². The second-order valence-electron chi connectivity index (χ2n) is 4.32.